The molecular weight excluding hydrogens is 269 g/mol. The Labute approximate surface area is 114 Å². The van der Waals surface area contributed by atoms with Crippen LogP contribution in [-0.4, -0.2) is 10.9 Å². The van der Waals surface area contributed by atoms with Gasteiger partial charge in [-0.3, -0.25) is 4.79 Å². The van der Waals surface area contributed by atoms with Crippen LogP contribution in [-0.2, 0) is 0 Å². The molecule has 1 amide bonds. The number of hydrogen-bond acceptors (Lipinski definition) is 3. The molecule has 0 saturated heterocycles. The smallest absolute Gasteiger partial charge is 0.257 e. The third-order valence-corrected chi connectivity index (χ3v) is 2.77. The van der Waals surface area contributed by atoms with Gasteiger partial charge < -0.3 is 11.1 Å². The molecular formula is C13H11ClFN3O. The van der Waals surface area contributed by atoms with Crippen LogP contribution in [0.15, 0.2) is 30.3 Å². The van der Waals surface area contributed by atoms with E-state index in [1.807, 2.05) is 0 Å². The van der Waals surface area contributed by atoms with Gasteiger partial charge in [0.2, 0.25) is 0 Å². The van der Waals surface area contributed by atoms with Gasteiger partial charge in [-0.05, 0) is 37.3 Å². The normalized spacial score (nSPS) is 10.3. The SMILES string of the molecule is Cc1nc(Cl)ccc1NC(=O)c1ccc(F)cc1N. The fourth-order valence-corrected chi connectivity index (χ4v) is 1.78. The van der Waals surface area contributed by atoms with E-state index in [0.717, 1.165) is 6.07 Å². The largest absolute Gasteiger partial charge is 0.398 e. The number of aryl methyl sites for hydroxylation is 1. The van der Waals surface area contributed by atoms with Gasteiger partial charge in [0.1, 0.15) is 11.0 Å². The maximum Gasteiger partial charge on any atom is 0.257 e. The van der Waals surface area contributed by atoms with Gasteiger partial charge in [0, 0.05) is 5.69 Å². The summed E-state index contributed by atoms with van der Waals surface area (Å²) >= 11 is 5.73. The van der Waals surface area contributed by atoms with E-state index < -0.39 is 11.7 Å². The van der Waals surface area contributed by atoms with Crippen LogP contribution in [0.1, 0.15) is 16.1 Å². The number of rotatable bonds is 2. The molecule has 0 unspecified atom stereocenters. The summed E-state index contributed by atoms with van der Waals surface area (Å²) in [4.78, 5) is 16.0. The van der Waals surface area contributed by atoms with Crippen molar-refractivity contribution in [1.82, 2.24) is 4.98 Å². The molecule has 4 nitrogen and oxygen atoms in total. The van der Waals surface area contributed by atoms with Gasteiger partial charge in [0.25, 0.3) is 5.91 Å². The van der Waals surface area contributed by atoms with Crippen LogP contribution in [0.3, 0.4) is 0 Å². The Morgan fingerprint density at radius 1 is 1.37 bits per heavy atom. The van der Waals surface area contributed by atoms with Gasteiger partial charge in [-0.15, -0.1) is 0 Å². The third-order valence-electron chi connectivity index (χ3n) is 2.56. The first-order chi connectivity index (χ1) is 8.97. The fourth-order valence-electron chi connectivity index (χ4n) is 1.59. The lowest BCUT2D eigenvalue weighted by Crippen LogP contribution is -2.15. The second kappa shape index (κ2) is 5.24. The lowest BCUT2D eigenvalue weighted by Gasteiger charge is -2.09. The van der Waals surface area contributed by atoms with Gasteiger partial charge in [-0.25, -0.2) is 9.37 Å². The Kier molecular flexibility index (Phi) is 3.66. The van der Waals surface area contributed by atoms with E-state index in [1.165, 1.54) is 12.1 Å². The second-order valence-electron chi connectivity index (χ2n) is 3.95. The number of carbonyl (C=O) groups excluding carboxylic acids is 1. The highest BCUT2D eigenvalue weighted by Gasteiger charge is 2.12. The van der Waals surface area contributed by atoms with E-state index in [4.69, 9.17) is 17.3 Å². The van der Waals surface area contributed by atoms with E-state index in [-0.39, 0.29) is 11.3 Å². The van der Waals surface area contributed by atoms with Crippen molar-refractivity contribution in [3.63, 3.8) is 0 Å². The van der Waals surface area contributed by atoms with Crippen LogP contribution in [0.4, 0.5) is 15.8 Å². The fraction of sp³-hybridized carbons (Fsp3) is 0.0769. The van der Waals surface area contributed by atoms with Crippen LogP contribution in [0.25, 0.3) is 0 Å². The first kappa shape index (κ1) is 13.3. The quantitative estimate of drug-likeness (QED) is 0.656. The first-order valence-corrected chi connectivity index (χ1v) is 5.84. The summed E-state index contributed by atoms with van der Waals surface area (Å²) in [6.07, 6.45) is 0. The summed E-state index contributed by atoms with van der Waals surface area (Å²) in [7, 11) is 0. The molecule has 19 heavy (non-hydrogen) atoms. The van der Waals surface area contributed by atoms with Crippen LogP contribution < -0.4 is 11.1 Å². The number of carbonyl (C=O) groups is 1. The molecule has 0 aliphatic rings. The number of nitrogen functional groups attached to an aromatic ring is 1. The highest BCUT2D eigenvalue weighted by atomic mass is 35.5. The van der Waals surface area contributed by atoms with Crippen LogP contribution in [0.2, 0.25) is 5.15 Å². The molecule has 0 saturated carbocycles. The van der Waals surface area contributed by atoms with E-state index in [2.05, 4.69) is 10.3 Å². The topological polar surface area (TPSA) is 68.0 Å². The van der Waals surface area contributed by atoms with Crippen LogP contribution in [0, 0.1) is 12.7 Å². The molecule has 0 atom stereocenters. The zero-order valence-electron chi connectivity index (χ0n) is 10.1. The summed E-state index contributed by atoms with van der Waals surface area (Å²) in [5.74, 6) is -0.914. The summed E-state index contributed by atoms with van der Waals surface area (Å²) in [5, 5.41) is 3.00. The molecule has 98 valence electrons. The minimum Gasteiger partial charge on any atom is -0.398 e. The molecule has 2 aromatic rings. The predicted octanol–water partition coefficient (Wildman–Crippen LogP) is 3.02. The molecule has 1 aromatic heterocycles. The predicted molar refractivity (Wildman–Crippen MR) is 72.7 cm³/mol. The molecule has 3 N–H and O–H groups in total. The number of benzene rings is 1. The van der Waals surface area contributed by atoms with Crippen molar-refractivity contribution in [3.8, 4) is 0 Å². The van der Waals surface area contributed by atoms with Crippen molar-refractivity contribution >= 4 is 28.9 Å². The van der Waals surface area contributed by atoms with Gasteiger partial charge in [-0.2, -0.15) is 0 Å². The Morgan fingerprint density at radius 2 is 2.11 bits per heavy atom. The molecule has 1 heterocycles. The van der Waals surface area contributed by atoms with Crippen molar-refractivity contribution in [2.45, 2.75) is 6.92 Å². The van der Waals surface area contributed by atoms with Gasteiger partial charge in [0.15, 0.2) is 0 Å². The maximum absolute atomic E-state index is 12.9. The Bertz CT molecular complexity index is 646. The number of nitrogens with one attached hydrogen (secondary N) is 1. The third kappa shape index (κ3) is 3.00. The molecule has 0 radical (unpaired) electrons. The lowest BCUT2D eigenvalue weighted by molar-refractivity contribution is 0.102. The number of hydrogen-bond donors (Lipinski definition) is 2. The molecule has 2 rings (SSSR count). The molecule has 0 bridgehead atoms. The number of anilines is 2. The molecule has 1 aromatic carbocycles. The summed E-state index contributed by atoms with van der Waals surface area (Å²) in [5.41, 5.74) is 7.00. The lowest BCUT2D eigenvalue weighted by atomic mass is 10.1. The summed E-state index contributed by atoms with van der Waals surface area (Å²) in [6, 6.07) is 6.82. The Balaban J connectivity index is 2.25. The van der Waals surface area contributed by atoms with E-state index >= 15 is 0 Å². The van der Waals surface area contributed by atoms with Crippen molar-refractivity contribution in [1.29, 1.82) is 0 Å². The van der Waals surface area contributed by atoms with E-state index in [1.54, 1.807) is 19.1 Å². The van der Waals surface area contributed by atoms with Gasteiger partial charge in [0.05, 0.1) is 16.9 Å². The zero-order valence-corrected chi connectivity index (χ0v) is 10.8. The Morgan fingerprint density at radius 3 is 2.74 bits per heavy atom. The van der Waals surface area contributed by atoms with Crippen molar-refractivity contribution < 1.29 is 9.18 Å². The van der Waals surface area contributed by atoms with Crippen LogP contribution >= 0.6 is 11.6 Å². The average molecular weight is 280 g/mol. The monoisotopic (exact) mass is 279 g/mol. The minimum absolute atomic E-state index is 0.0806. The van der Waals surface area contributed by atoms with Crippen molar-refractivity contribution in [3.05, 3.63) is 52.6 Å². The molecule has 6 heteroatoms. The van der Waals surface area contributed by atoms with Gasteiger partial charge in [-0.1, -0.05) is 11.6 Å². The number of nitrogens with zero attached hydrogens (tertiary/aromatic N) is 1. The van der Waals surface area contributed by atoms with Crippen molar-refractivity contribution in [2.75, 3.05) is 11.1 Å². The molecule has 0 aliphatic heterocycles. The van der Waals surface area contributed by atoms with Gasteiger partial charge >= 0.3 is 0 Å². The number of aromatic nitrogens is 1. The first-order valence-electron chi connectivity index (χ1n) is 5.47. The van der Waals surface area contributed by atoms with E-state index in [9.17, 15) is 9.18 Å². The highest BCUT2D eigenvalue weighted by molar-refractivity contribution is 6.29. The summed E-state index contributed by atoms with van der Waals surface area (Å²) < 4.78 is 12.9. The number of amides is 1. The van der Waals surface area contributed by atoms with E-state index in [0.29, 0.717) is 16.5 Å². The van der Waals surface area contributed by atoms with Crippen molar-refractivity contribution in [2.24, 2.45) is 0 Å². The molecule has 0 aliphatic carbocycles. The molecule has 0 spiro atoms. The number of nitrogens with two attached hydrogens (primary N) is 1. The number of halogens is 2. The minimum atomic E-state index is -0.488. The number of pyridine rings is 1. The standard InChI is InChI=1S/C13H11ClFN3O/c1-7-11(4-5-12(14)17-7)18-13(19)9-3-2-8(15)6-10(9)16/h2-6H,16H2,1H3,(H,18,19). The maximum atomic E-state index is 12.9. The Hall–Kier alpha value is -2.14. The average Bonchev–Trinajstić information content (AvgIpc) is 2.32. The summed E-state index contributed by atoms with van der Waals surface area (Å²) in [6.45, 7) is 1.72. The zero-order chi connectivity index (χ0) is 14.0. The van der Waals surface area contributed by atoms with Crippen LogP contribution in [0.5, 0.6) is 0 Å². The highest BCUT2D eigenvalue weighted by Crippen LogP contribution is 2.19. The second-order valence-corrected chi connectivity index (χ2v) is 4.34. The molecule has 0 fully saturated rings.